The van der Waals surface area contributed by atoms with Crippen LogP contribution in [0.1, 0.15) is 40.0 Å². The molecule has 1 atom stereocenters. The minimum absolute atomic E-state index is 0.206. The van der Waals surface area contributed by atoms with E-state index in [1.165, 1.54) is 25.8 Å². The summed E-state index contributed by atoms with van der Waals surface area (Å²) in [6, 6.07) is 0.781. The van der Waals surface area contributed by atoms with Crippen LogP contribution in [0.5, 0.6) is 0 Å². The van der Waals surface area contributed by atoms with E-state index in [9.17, 15) is 0 Å². The van der Waals surface area contributed by atoms with Crippen LogP contribution in [0.15, 0.2) is 0 Å². The van der Waals surface area contributed by atoms with Gasteiger partial charge in [0.25, 0.3) is 0 Å². The SMILES string of the molecule is CCC1CCCN1C(C)(C)CN. The van der Waals surface area contributed by atoms with Gasteiger partial charge >= 0.3 is 0 Å². The molecule has 1 heterocycles. The van der Waals surface area contributed by atoms with Gasteiger partial charge in [-0.3, -0.25) is 4.90 Å². The van der Waals surface area contributed by atoms with Crippen LogP contribution in [0.4, 0.5) is 0 Å². The topological polar surface area (TPSA) is 29.3 Å². The molecule has 0 aromatic heterocycles. The van der Waals surface area contributed by atoms with E-state index in [0.29, 0.717) is 0 Å². The Labute approximate surface area is 76.1 Å². The number of nitrogens with two attached hydrogens (primary N) is 1. The van der Waals surface area contributed by atoms with Crippen molar-refractivity contribution in [3.8, 4) is 0 Å². The number of hydrogen-bond acceptors (Lipinski definition) is 2. The summed E-state index contributed by atoms with van der Waals surface area (Å²) >= 11 is 0. The fraction of sp³-hybridized carbons (Fsp3) is 1.00. The molecule has 1 unspecified atom stereocenters. The van der Waals surface area contributed by atoms with Crippen LogP contribution in [0, 0.1) is 0 Å². The highest BCUT2D eigenvalue weighted by molar-refractivity contribution is 4.90. The van der Waals surface area contributed by atoms with Gasteiger partial charge in [-0.15, -0.1) is 0 Å². The van der Waals surface area contributed by atoms with Crippen molar-refractivity contribution >= 4 is 0 Å². The summed E-state index contributed by atoms with van der Waals surface area (Å²) in [5.74, 6) is 0. The monoisotopic (exact) mass is 170 g/mol. The molecule has 0 aromatic carbocycles. The molecular weight excluding hydrogens is 148 g/mol. The van der Waals surface area contributed by atoms with E-state index in [4.69, 9.17) is 5.73 Å². The Hall–Kier alpha value is -0.0800. The van der Waals surface area contributed by atoms with Crippen molar-refractivity contribution in [1.29, 1.82) is 0 Å². The molecule has 0 aromatic rings. The molecule has 1 aliphatic rings. The molecule has 12 heavy (non-hydrogen) atoms. The minimum atomic E-state index is 0.206. The maximum atomic E-state index is 5.76. The lowest BCUT2D eigenvalue weighted by molar-refractivity contribution is 0.110. The first kappa shape index (κ1) is 10.0. The van der Waals surface area contributed by atoms with Crippen LogP contribution in [-0.2, 0) is 0 Å². The van der Waals surface area contributed by atoms with Gasteiger partial charge in [-0.05, 0) is 39.7 Å². The second-order valence-corrected chi connectivity index (χ2v) is 4.41. The minimum Gasteiger partial charge on any atom is -0.329 e. The molecule has 2 nitrogen and oxygen atoms in total. The predicted octanol–water partition coefficient (Wildman–Crippen LogP) is 1.60. The lowest BCUT2D eigenvalue weighted by Crippen LogP contribution is -2.51. The molecule has 0 amide bonds. The van der Waals surface area contributed by atoms with Crippen LogP contribution < -0.4 is 5.73 Å². The second-order valence-electron chi connectivity index (χ2n) is 4.41. The van der Waals surface area contributed by atoms with Crippen LogP contribution in [0.3, 0.4) is 0 Å². The number of hydrogen-bond donors (Lipinski definition) is 1. The predicted molar refractivity (Wildman–Crippen MR) is 53.2 cm³/mol. The van der Waals surface area contributed by atoms with Crippen molar-refractivity contribution in [2.24, 2.45) is 5.73 Å². The van der Waals surface area contributed by atoms with Gasteiger partial charge in [-0.2, -0.15) is 0 Å². The quantitative estimate of drug-likeness (QED) is 0.697. The Balaban J connectivity index is 2.60. The third-order valence-electron chi connectivity index (χ3n) is 3.13. The highest BCUT2D eigenvalue weighted by Crippen LogP contribution is 2.27. The molecule has 2 heteroatoms. The molecular formula is C10H22N2. The molecule has 0 aliphatic carbocycles. The van der Waals surface area contributed by atoms with Gasteiger partial charge in [-0.25, -0.2) is 0 Å². The van der Waals surface area contributed by atoms with Gasteiger partial charge in [0, 0.05) is 18.1 Å². The molecule has 1 fully saturated rings. The molecule has 0 saturated carbocycles. The lowest BCUT2D eigenvalue weighted by atomic mass is 10.0. The third kappa shape index (κ3) is 1.80. The summed E-state index contributed by atoms with van der Waals surface area (Å²) in [4.78, 5) is 2.58. The van der Waals surface area contributed by atoms with Crippen molar-refractivity contribution in [3.63, 3.8) is 0 Å². The van der Waals surface area contributed by atoms with E-state index in [0.717, 1.165) is 12.6 Å². The maximum Gasteiger partial charge on any atom is 0.0278 e. The summed E-state index contributed by atoms with van der Waals surface area (Å²) in [7, 11) is 0. The van der Waals surface area contributed by atoms with Crippen molar-refractivity contribution in [3.05, 3.63) is 0 Å². The normalized spacial score (nSPS) is 26.5. The first-order valence-corrected chi connectivity index (χ1v) is 5.08. The first-order valence-electron chi connectivity index (χ1n) is 5.08. The average molecular weight is 170 g/mol. The highest BCUT2D eigenvalue weighted by Gasteiger charge is 2.33. The molecule has 0 bridgehead atoms. The van der Waals surface area contributed by atoms with Crippen LogP contribution >= 0.6 is 0 Å². The van der Waals surface area contributed by atoms with E-state index >= 15 is 0 Å². The average Bonchev–Trinajstić information content (AvgIpc) is 2.52. The summed E-state index contributed by atoms with van der Waals surface area (Å²) in [5, 5.41) is 0. The fourth-order valence-corrected chi connectivity index (χ4v) is 2.17. The van der Waals surface area contributed by atoms with Crippen molar-refractivity contribution in [2.45, 2.75) is 51.6 Å². The summed E-state index contributed by atoms with van der Waals surface area (Å²) in [6.07, 6.45) is 3.98. The van der Waals surface area contributed by atoms with E-state index in [1.807, 2.05) is 0 Å². The van der Waals surface area contributed by atoms with Gasteiger partial charge in [0.05, 0.1) is 0 Å². The Bertz CT molecular complexity index is 143. The van der Waals surface area contributed by atoms with E-state index in [-0.39, 0.29) is 5.54 Å². The van der Waals surface area contributed by atoms with E-state index in [1.54, 1.807) is 0 Å². The third-order valence-corrected chi connectivity index (χ3v) is 3.13. The Kier molecular flexibility index (Phi) is 3.13. The molecule has 1 saturated heterocycles. The van der Waals surface area contributed by atoms with Crippen molar-refractivity contribution < 1.29 is 0 Å². The van der Waals surface area contributed by atoms with Crippen molar-refractivity contribution in [1.82, 2.24) is 4.90 Å². The molecule has 72 valence electrons. The maximum absolute atomic E-state index is 5.76. The zero-order chi connectivity index (χ0) is 9.19. The van der Waals surface area contributed by atoms with Gasteiger partial charge in [0.1, 0.15) is 0 Å². The summed E-state index contributed by atoms with van der Waals surface area (Å²) in [5.41, 5.74) is 5.97. The Morgan fingerprint density at radius 3 is 2.67 bits per heavy atom. The van der Waals surface area contributed by atoms with Gasteiger partial charge in [0.2, 0.25) is 0 Å². The summed E-state index contributed by atoms with van der Waals surface area (Å²) in [6.45, 7) is 8.78. The number of rotatable bonds is 3. The Morgan fingerprint density at radius 1 is 1.50 bits per heavy atom. The van der Waals surface area contributed by atoms with E-state index < -0.39 is 0 Å². The lowest BCUT2D eigenvalue weighted by Gasteiger charge is -2.38. The fourth-order valence-electron chi connectivity index (χ4n) is 2.17. The zero-order valence-electron chi connectivity index (χ0n) is 8.64. The van der Waals surface area contributed by atoms with Gasteiger partial charge in [0.15, 0.2) is 0 Å². The van der Waals surface area contributed by atoms with Crippen LogP contribution in [0.25, 0.3) is 0 Å². The standard InChI is InChI=1S/C10H22N2/c1-4-9-6-5-7-12(9)10(2,3)8-11/h9H,4-8,11H2,1-3H3. The van der Waals surface area contributed by atoms with Crippen LogP contribution in [-0.4, -0.2) is 29.6 Å². The van der Waals surface area contributed by atoms with Crippen LogP contribution in [0.2, 0.25) is 0 Å². The smallest absolute Gasteiger partial charge is 0.0278 e. The van der Waals surface area contributed by atoms with Crippen molar-refractivity contribution in [2.75, 3.05) is 13.1 Å². The number of likely N-dealkylation sites (tertiary alicyclic amines) is 1. The highest BCUT2D eigenvalue weighted by atomic mass is 15.2. The van der Waals surface area contributed by atoms with Gasteiger partial charge < -0.3 is 5.73 Å². The molecule has 1 rings (SSSR count). The van der Waals surface area contributed by atoms with E-state index in [2.05, 4.69) is 25.7 Å². The largest absolute Gasteiger partial charge is 0.329 e. The first-order chi connectivity index (χ1) is 5.61. The Morgan fingerprint density at radius 2 is 2.17 bits per heavy atom. The molecule has 0 radical (unpaired) electrons. The molecule has 0 spiro atoms. The molecule has 1 aliphatic heterocycles. The van der Waals surface area contributed by atoms with Gasteiger partial charge in [-0.1, -0.05) is 6.92 Å². The summed E-state index contributed by atoms with van der Waals surface area (Å²) < 4.78 is 0. The zero-order valence-corrected chi connectivity index (χ0v) is 8.64. The number of nitrogens with zero attached hydrogens (tertiary/aromatic N) is 1. The molecule has 2 N–H and O–H groups in total. The second kappa shape index (κ2) is 3.75.